The van der Waals surface area contributed by atoms with E-state index in [1.807, 2.05) is 0 Å². The lowest BCUT2D eigenvalue weighted by Crippen LogP contribution is -2.38. The first-order valence-corrected chi connectivity index (χ1v) is 4.36. The fourth-order valence-electron chi connectivity index (χ4n) is 1.11. The first kappa shape index (κ1) is 9.96. The van der Waals surface area contributed by atoms with Gasteiger partial charge in [0.1, 0.15) is 0 Å². The minimum absolute atomic E-state index is 0.0574. The molecule has 0 unspecified atom stereocenters. The monoisotopic (exact) mass is 174 g/mol. The van der Waals surface area contributed by atoms with Gasteiger partial charge in [-0.25, -0.2) is 0 Å². The van der Waals surface area contributed by atoms with Crippen LogP contribution in [0.25, 0.3) is 0 Å². The van der Waals surface area contributed by atoms with Crippen molar-refractivity contribution in [1.29, 1.82) is 0 Å². The maximum atomic E-state index is 5.49. The van der Waals surface area contributed by atoms with Crippen LogP contribution in [-0.2, 0) is 14.2 Å². The largest absolute Gasteiger partial charge is 0.384 e. The van der Waals surface area contributed by atoms with Crippen molar-refractivity contribution in [2.24, 2.45) is 5.41 Å². The van der Waals surface area contributed by atoms with Gasteiger partial charge in [0.2, 0.25) is 0 Å². The van der Waals surface area contributed by atoms with Gasteiger partial charge in [-0.15, -0.1) is 0 Å². The Morgan fingerprint density at radius 2 is 1.92 bits per heavy atom. The molecule has 0 amide bonds. The number of methoxy groups -OCH3 is 1. The zero-order valence-corrected chi connectivity index (χ0v) is 8.13. The van der Waals surface area contributed by atoms with Crippen LogP contribution in [-0.4, -0.2) is 33.2 Å². The van der Waals surface area contributed by atoms with Crippen LogP contribution in [0.1, 0.15) is 20.3 Å². The normalized spacial score (nSPS) is 24.2. The summed E-state index contributed by atoms with van der Waals surface area (Å²) < 4.78 is 15.9. The summed E-state index contributed by atoms with van der Waals surface area (Å²) in [5.74, 6) is 0. The minimum Gasteiger partial charge on any atom is -0.384 e. The van der Waals surface area contributed by atoms with Gasteiger partial charge in [-0.2, -0.15) is 0 Å². The summed E-state index contributed by atoms with van der Waals surface area (Å²) >= 11 is 0. The minimum atomic E-state index is -0.0574. The van der Waals surface area contributed by atoms with Crippen LogP contribution in [0.5, 0.6) is 0 Å². The van der Waals surface area contributed by atoms with Crippen molar-refractivity contribution < 1.29 is 14.2 Å². The number of hydrogen-bond acceptors (Lipinski definition) is 3. The molecule has 0 aliphatic carbocycles. The average Bonchev–Trinajstić information content (AvgIpc) is 2.03. The van der Waals surface area contributed by atoms with E-state index in [2.05, 4.69) is 13.8 Å². The van der Waals surface area contributed by atoms with E-state index in [0.717, 1.165) is 19.6 Å². The van der Waals surface area contributed by atoms with Gasteiger partial charge in [0.05, 0.1) is 19.8 Å². The van der Waals surface area contributed by atoms with Gasteiger partial charge in [-0.05, 0) is 0 Å². The number of hydrogen-bond donors (Lipinski definition) is 0. The highest BCUT2D eigenvalue weighted by Gasteiger charge is 2.27. The maximum Gasteiger partial charge on any atom is 0.159 e. The lowest BCUT2D eigenvalue weighted by Gasteiger charge is -2.34. The summed E-state index contributed by atoms with van der Waals surface area (Å²) in [7, 11) is 1.69. The van der Waals surface area contributed by atoms with Gasteiger partial charge >= 0.3 is 0 Å². The molecule has 0 aromatic carbocycles. The highest BCUT2D eigenvalue weighted by atomic mass is 16.7. The third-order valence-electron chi connectivity index (χ3n) is 1.88. The molecule has 1 rings (SSSR count). The van der Waals surface area contributed by atoms with E-state index in [-0.39, 0.29) is 11.7 Å². The van der Waals surface area contributed by atoms with Crippen LogP contribution in [0.3, 0.4) is 0 Å². The fraction of sp³-hybridized carbons (Fsp3) is 1.00. The van der Waals surface area contributed by atoms with E-state index in [1.165, 1.54) is 0 Å². The molecular formula is C9H18O3. The highest BCUT2D eigenvalue weighted by Crippen LogP contribution is 2.23. The van der Waals surface area contributed by atoms with Crippen LogP contribution in [0, 0.1) is 5.41 Å². The van der Waals surface area contributed by atoms with E-state index in [0.29, 0.717) is 6.61 Å². The highest BCUT2D eigenvalue weighted by molar-refractivity contribution is 4.71. The summed E-state index contributed by atoms with van der Waals surface area (Å²) in [5.41, 5.74) is 0.170. The summed E-state index contributed by atoms with van der Waals surface area (Å²) in [4.78, 5) is 0. The summed E-state index contributed by atoms with van der Waals surface area (Å²) in [6, 6.07) is 0. The zero-order valence-electron chi connectivity index (χ0n) is 8.13. The molecular weight excluding hydrogens is 156 g/mol. The Bertz CT molecular complexity index is 124. The van der Waals surface area contributed by atoms with Crippen molar-refractivity contribution in [3.05, 3.63) is 0 Å². The Balaban J connectivity index is 2.18. The first-order chi connectivity index (χ1) is 5.64. The smallest absolute Gasteiger partial charge is 0.159 e. The summed E-state index contributed by atoms with van der Waals surface area (Å²) in [6.45, 7) is 6.53. The fourth-order valence-corrected chi connectivity index (χ4v) is 1.11. The van der Waals surface area contributed by atoms with E-state index < -0.39 is 0 Å². The van der Waals surface area contributed by atoms with Crippen LogP contribution in [0.2, 0.25) is 0 Å². The molecule has 0 aromatic heterocycles. The second kappa shape index (κ2) is 4.21. The van der Waals surface area contributed by atoms with Crippen molar-refractivity contribution in [3.63, 3.8) is 0 Å². The van der Waals surface area contributed by atoms with Gasteiger partial charge < -0.3 is 14.2 Å². The SMILES string of the molecule is COCCC1OCC(C)(C)CO1. The van der Waals surface area contributed by atoms with Gasteiger partial charge in [0.25, 0.3) is 0 Å². The van der Waals surface area contributed by atoms with Crippen LogP contribution in [0.15, 0.2) is 0 Å². The van der Waals surface area contributed by atoms with Gasteiger partial charge in [0, 0.05) is 18.9 Å². The standard InChI is InChI=1S/C9H18O3/c1-9(2)6-11-8(12-7-9)4-5-10-3/h8H,4-7H2,1-3H3. The average molecular weight is 174 g/mol. The zero-order chi connectivity index (χ0) is 9.03. The van der Waals surface area contributed by atoms with E-state index in [4.69, 9.17) is 14.2 Å². The predicted octanol–water partition coefficient (Wildman–Crippen LogP) is 1.42. The number of rotatable bonds is 3. The molecule has 0 aromatic rings. The lowest BCUT2D eigenvalue weighted by molar-refractivity contribution is -0.226. The molecule has 3 heteroatoms. The Labute approximate surface area is 74.0 Å². The maximum absolute atomic E-state index is 5.49. The van der Waals surface area contributed by atoms with E-state index >= 15 is 0 Å². The van der Waals surface area contributed by atoms with E-state index in [9.17, 15) is 0 Å². The van der Waals surface area contributed by atoms with Crippen LogP contribution in [0.4, 0.5) is 0 Å². The Hall–Kier alpha value is -0.120. The Morgan fingerprint density at radius 1 is 1.33 bits per heavy atom. The second-order valence-electron chi connectivity index (χ2n) is 4.00. The molecule has 0 radical (unpaired) electrons. The topological polar surface area (TPSA) is 27.7 Å². The molecule has 1 aliphatic heterocycles. The molecule has 72 valence electrons. The van der Waals surface area contributed by atoms with E-state index in [1.54, 1.807) is 7.11 Å². The third-order valence-corrected chi connectivity index (χ3v) is 1.88. The Morgan fingerprint density at radius 3 is 2.42 bits per heavy atom. The molecule has 1 saturated heterocycles. The van der Waals surface area contributed by atoms with Gasteiger partial charge in [0.15, 0.2) is 6.29 Å². The second-order valence-corrected chi connectivity index (χ2v) is 4.00. The molecule has 0 N–H and O–H groups in total. The molecule has 1 aliphatic rings. The molecule has 0 atom stereocenters. The molecule has 0 spiro atoms. The van der Waals surface area contributed by atoms with Gasteiger partial charge in [-0.1, -0.05) is 13.8 Å². The first-order valence-electron chi connectivity index (χ1n) is 4.36. The van der Waals surface area contributed by atoms with Gasteiger partial charge in [-0.3, -0.25) is 0 Å². The lowest BCUT2D eigenvalue weighted by atomic mass is 9.95. The summed E-state index contributed by atoms with van der Waals surface area (Å²) in [5, 5.41) is 0. The molecule has 0 bridgehead atoms. The van der Waals surface area contributed by atoms with Crippen molar-refractivity contribution in [2.75, 3.05) is 26.9 Å². The molecule has 12 heavy (non-hydrogen) atoms. The molecule has 0 saturated carbocycles. The van der Waals surface area contributed by atoms with Crippen molar-refractivity contribution >= 4 is 0 Å². The summed E-state index contributed by atoms with van der Waals surface area (Å²) in [6.07, 6.45) is 0.769. The Kier molecular flexibility index (Phi) is 3.50. The van der Waals surface area contributed by atoms with Crippen LogP contribution >= 0.6 is 0 Å². The number of ether oxygens (including phenoxy) is 3. The van der Waals surface area contributed by atoms with Crippen molar-refractivity contribution in [1.82, 2.24) is 0 Å². The predicted molar refractivity (Wildman–Crippen MR) is 46.0 cm³/mol. The van der Waals surface area contributed by atoms with Crippen molar-refractivity contribution in [2.45, 2.75) is 26.6 Å². The molecule has 3 nitrogen and oxygen atoms in total. The van der Waals surface area contributed by atoms with Crippen molar-refractivity contribution in [3.8, 4) is 0 Å². The third kappa shape index (κ3) is 3.09. The van der Waals surface area contributed by atoms with Crippen LogP contribution < -0.4 is 0 Å². The molecule has 1 heterocycles. The molecule has 1 fully saturated rings. The quantitative estimate of drug-likeness (QED) is 0.647.